The van der Waals surface area contributed by atoms with Crippen LogP contribution in [0.15, 0.2) is 30.6 Å². The van der Waals surface area contributed by atoms with Crippen LogP contribution in [-0.2, 0) is 9.47 Å². The van der Waals surface area contributed by atoms with Crippen molar-refractivity contribution >= 4 is 11.0 Å². The van der Waals surface area contributed by atoms with Gasteiger partial charge in [-0.2, -0.15) is 0 Å². The lowest BCUT2D eigenvalue weighted by Gasteiger charge is -2.36. The van der Waals surface area contributed by atoms with Crippen molar-refractivity contribution in [3.63, 3.8) is 0 Å². The highest BCUT2D eigenvalue weighted by atomic mass is 16.5. The number of para-hydroxylation sites is 2. The zero-order valence-corrected chi connectivity index (χ0v) is 15.7. The minimum absolute atomic E-state index is 0.128. The minimum atomic E-state index is -0.298. The fraction of sp³-hybridized carbons (Fsp3) is 0.667. The molecule has 0 bridgehead atoms. The Labute approximate surface area is 160 Å². The quantitative estimate of drug-likeness (QED) is 0.894. The number of hydrogen-bond acceptors (Lipinski definition) is 5. The number of aliphatic hydroxyl groups is 1. The summed E-state index contributed by atoms with van der Waals surface area (Å²) in [6.45, 7) is 6.30. The second-order valence-electron chi connectivity index (χ2n) is 8.50. The summed E-state index contributed by atoms with van der Waals surface area (Å²) in [7, 11) is 0. The summed E-state index contributed by atoms with van der Waals surface area (Å²) in [5.74, 6) is 1.71. The first kappa shape index (κ1) is 17.6. The van der Waals surface area contributed by atoms with Crippen LogP contribution in [-0.4, -0.2) is 71.7 Å². The summed E-state index contributed by atoms with van der Waals surface area (Å²) >= 11 is 0. The Morgan fingerprint density at radius 1 is 1.04 bits per heavy atom. The van der Waals surface area contributed by atoms with Crippen LogP contribution in [0.4, 0.5) is 0 Å². The highest BCUT2D eigenvalue weighted by Gasteiger charge is 2.42. The number of benzene rings is 1. The maximum atomic E-state index is 10.9. The second kappa shape index (κ2) is 7.51. The van der Waals surface area contributed by atoms with Crippen molar-refractivity contribution in [2.75, 3.05) is 46.1 Å². The molecule has 3 heterocycles. The SMILES string of the molecule is O[C@@H]1C[C@H]2CN(CC3COCCOC3)C[C@H]2C[C@H]1n1cnc2ccccc21. The molecule has 146 valence electrons. The largest absolute Gasteiger partial charge is 0.391 e. The highest BCUT2D eigenvalue weighted by molar-refractivity contribution is 5.75. The fourth-order valence-electron chi connectivity index (χ4n) is 5.33. The van der Waals surface area contributed by atoms with Gasteiger partial charge >= 0.3 is 0 Å². The van der Waals surface area contributed by atoms with E-state index < -0.39 is 0 Å². The van der Waals surface area contributed by atoms with Crippen molar-refractivity contribution < 1.29 is 14.6 Å². The third kappa shape index (κ3) is 3.51. The van der Waals surface area contributed by atoms with Gasteiger partial charge in [0.25, 0.3) is 0 Å². The molecule has 1 saturated carbocycles. The molecule has 1 N–H and O–H groups in total. The molecule has 2 saturated heterocycles. The van der Waals surface area contributed by atoms with Gasteiger partial charge < -0.3 is 24.0 Å². The van der Waals surface area contributed by atoms with Crippen LogP contribution >= 0.6 is 0 Å². The number of nitrogens with zero attached hydrogens (tertiary/aromatic N) is 3. The number of likely N-dealkylation sites (tertiary alicyclic amines) is 1. The normalized spacial score (nSPS) is 33.2. The van der Waals surface area contributed by atoms with Crippen molar-refractivity contribution in [3.05, 3.63) is 30.6 Å². The molecule has 1 aromatic carbocycles. The first-order valence-corrected chi connectivity index (χ1v) is 10.3. The first-order chi connectivity index (χ1) is 13.3. The van der Waals surface area contributed by atoms with E-state index >= 15 is 0 Å². The molecule has 2 aliphatic heterocycles. The van der Waals surface area contributed by atoms with E-state index in [1.807, 2.05) is 24.5 Å². The standard InChI is InChI=1S/C21H29N3O3/c25-21-8-17-11-23(9-15-12-26-5-6-27-13-15)10-16(17)7-20(21)24-14-22-18-3-1-2-4-19(18)24/h1-4,14-17,20-21,25H,5-13H2/t16-,17+,20-,21-/m1/s1. The predicted octanol–water partition coefficient (Wildman–Crippen LogP) is 1.94. The second-order valence-corrected chi connectivity index (χ2v) is 8.50. The van der Waals surface area contributed by atoms with Gasteiger partial charge in [0.2, 0.25) is 0 Å². The molecule has 6 nitrogen and oxygen atoms in total. The number of aliphatic hydroxyl groups excluding tert-OH is 1. The Hall–Kier alpha value is -1.47. The highest BCUT2D eigenvalue weighted by Crippen LogP contribution is 2.42. The number of aromatic nitrogens is 2. The summed E-state index contributed by atoms with van der Waals surface area (Å²) in [5.41, 5.74) is 2.14. The van der Waals surface area contributed by atoms with Crippen molar-refractivity contribution in [2.24, 2.45) is 17.8 Å². The summed E-state index contributed by atoms with van der Waals surface area (Å²) in [4.78, 5) is 7.10. The number of imidazole rings is 1. The van der Waals surface area contributed by atoms with E-state index in [0.717, 1.165) is 56.7 Å². The molecule has 3 fully saturated rings. The zero-order valence-electron chi connectivity index (χ0n) is 15.7. The van der Waals surface area contributed by atoms with Gasteiger partial charge in [-0.1, -0.05) is 12.1 Å². The third-order valence-electron chi connectivity index (χ3n) is 6.62. The molecule has 27 heavy (non-hydrogen) atoms. The number of hydrogen-bond donors (Lipinski definition) is 1. The molecule has 5 rings (SSSR count). The van der Waals surface area contributed by atoms with E-state index in [0.29, 0.717) is 31.0 Å². The molecular weight excluding hydrogens is 342 g/mol. The van der Waals surface area contributed by atoms with Crippen molar-refractivity contribution in [1.29, 1.82) is 0 Å². The van der Waals surface area contributed by atoms with Crippen LogP contribution in [0, 0.1) is 17.8 Å². The van der Waals surface area contributed by atoms with Gasteiger partial charge in [-0.25, -0.2) is 4.98 Å². The van der Waals surface area contributed by atoms with Gasteiger partial charge in [-0.15, -0.1) is 0 Å². The Kier molecular flexibility index (Phi) is 4.90. The molecule has 1 aliphatic carbocycles. The lowest BCUT2D eigenvalue weighted by atomic mass is 9.77. The number of rotatable bonds is 3. The maximum absolute atomic E-state index is 10.9. The monoisotopic (exact) mass is 371 g/mol. The Morgan fingerprint density at radius 3 is 2.59 bits per heavy atom. The first-order valence-electron chi connectivity index (χ1n) is 10.3. The van der Waals surface area contributed by atoms with Crippen molar-refractivity contribution in [3.8, 4) is 0 Å². The lowest BCUT2D eigenvalue weighted by Crippen LogP contribution is -2.36. The van der Waals surface area contributed by atoms with Gasteiger partial charge in [-0.3, -0.25) is 0 Å². The molecule has 0 unspecified atom stereocenters. The van der Waals surface area contributed by atoms with E-state index in [2.05, 4.69) is 20.5 Å². The van der Waals surface area contributed by atoms with Crippen molar-refractivity contribution in [2.45, 2.75) is 25.0 Å². The smallest absolute Gasteiger partial charge is 0.0961 e. The molecule has 0 radical (unpaired) electrons. The average molecular weight is 371 g/mol. The summed E-state index contributed by atoms with van der Waals surface area (Å²) < 4.78 is 13.5. The number of fused-ring (bicyclic) bond motifs is 2. The summed E-state index contributed by atoms with van der Waals surface area (Å²) in [5, 5.41) is 10.9. The molecule has 6 heteroatoms. The summed E-state index contributed by atoms with van der Waals surface area (Å²) in [6, 6.07) is 8.34. The Morgan fingerprint density at radius 2 is 1.78 bits per heavy atom. The van der Waals surface area contributed by atoms with Crippen molar-refractivity contribution in [1.82, 2.24) is 14.5 Å². The van der Waals surface area contributed by atoms with Gasteiger partial charge in [0.05, 0.1) is 55.9 Å². The third-order valence-corrected chi connectivity index (χ3v) is 6.62. The zero-order chi connectivity index (χ0) is 18.2. The van der Waals surface area contributed by atoms with E-state index in [9.17, 15) is 5.11 Å². The van der Waals surface area contributed by atoms with Crippen LogP contribution in [0.3, 0.4) is 0 Å². The lowest BCUT2D eigenvalue weighted by molar-refractivity contribution is 0.0374. The Balaban J connectivity index is 1.27. The Bertz CT molecular complexity index is 771. The molecule has 2 aromatic rings. The summed E-state index contributed by atoms with van der Waals surface area (Å²) in [6.07, 6.45) is 3.52. The van der Waals surface area contributed by atoms with Gasteiger partial charge in [0.15, 0.2) is 0 Å². The molecule has 1 aromatic heterocycles. The molecular formula is C21H29N3O3. The van der Waals surface area contributed by atoms with E-state index in [1.54, 1.807) is 0 Å². The van der Waals surface area contributed by atoms with E-state index in [-0.39, 0.29) is 12.1 Å². The molecule has 4 atom stereocenters. The minimum Gasteiger partial charge on any atom is -0.391 e. The number of ether oxygens (including phenoxy) is 2. The van der Waals surface area contributed by atoms with E-state index in [1.165, 1.54) is 0 Å². The van der Waals surface area contributed by atoms with Crippen LogP contribution in [0.5, 0.6) is 0 Å². The fourth-order valence-corrected chi connectivity index (χ4v) is 5.33. The predicted molar refractivity (Wildman–Crippen MR) is 103 cm³/mol. The molecule has 3 aliphatic rings. The van der Waals surface area contributed by atoms with Gasteiger partial charge in [-0.05, 0) is 36.8 Å². The maximum Gasteiger partial charge on any atom is 0.0961 e. The van der Waals surface area contributed by atoms with Gasteiger partial charge in [0, 0.05) is 25.6 Å². The molecule has 0 spiro atoms. The van der Waals surface area contributed by atoms with Crippen LogP contribution in [0.25, 0.3) is 11.0 Å². The molecule has 0 amide bonds. The topological polar surface area (TPSA) is 59.8 Å². The van der Waals surface area contributed by atoms with Gasteiger partial charge in [0.1, 0.15) is 0 Å². The van der Waals surface area contributed by atoms with E-state index in [4.69, 9.17) is 9.47 Å². The average Bonchev–Trinajstić information content (AvgIpc) is 3.17. The van der Waals surface area contributed by atoms with Crippen LogP contribution < -0.4 is 0 Å². The van der Waals surface area contributed by atoms with Crippen LogP contribution in [0.1, 0.15) is 18.9 Å². The van der Waals surface area contributed by atoms with Crippen LogP contribution in [0.2, 0.25) is 0 Å².